The number of hydrogen-bond acceptors (Lipinski definition) is 4. The molecular weight excluding hydrogens is 132 g/mol. The fraction of sp³-hybridized carbons (Fsp3) is 0.833. The van der Waals surface area contributed by atoms with E-state index in [1.54, 1.807) is 5.01 Å². The summed E-state index contributed by atoms with van der Waals surface area (Å²) in [5, 5.41) is 1.58. The quantitative estimate of drug-likeness (QED) is 0.436. The van der Waals surface area contributed by atoms with Crippen molar-refractivity contribution in [3.05, 3.63) is 0 Å². The van der Waals surface area contributed by atoms with Crippen molar-refractivity contribution >= 4 is 5.78 Å². The van der Waals surface area contributed by atoms with E-state index in [0.717, 1.165) is 13.0 Å². The van der Waals surface area contributed by atoms with Crippen molar-refractivity contribution in [2.45, 2.75) is 18.6 Å². The lowest BCUT2D eigenvalue weighted by Gasteiger charge is -2.13. The van der Waals surface area contributed by atoms with Gasteiger partial charge in [0.25, 0.3) is 0 Å². The molecule has 2 aliphatic heterocycles. The minimum absolute atomic E-state index is 0.0810. The lowest BCUT2D eigenvalue weighted by Crippen LogP contribution is -2.42. The summed E-state index contributed by atoms with van der Waals surface area (Å²) in [7, 11) is 0. The molecule has 56 valence electrons. The van der Waals surface area contributed by atoms with Gasteiger partial charge in [-0.2, -0.15) is 0 Å². The van der Waals surface area contributed by atoms with Gasteiger partial charge in [-0.05, 0) is 6.42 Å². The maximum atomic E-state index is 11.0. The van der Waals surface area contributed by atoms with Gasteiger partial charge in [-0.15, -0.1) is 0 Å². The Morgan fingerprint density at radius 3 is 3.20 bits per heavy atom. The van der Waals surface area contributed by atoms with Crippen molar-refractivity contribution in [2.75, 3.05) is 13.2 Å². The van der Waals surface area contributed by atoms with Crippen LogP contribution in [0.15, 0.2) is 0 Å². The van der Waals surface area contributed by atoms with Crippen LogP contribution in [0.25, 0.3) is 0 Å². The van der Waals surface area contributed by atoms with Gasteiger partial charge in [0.15, 0.2) is 5.78 Å². The minimum atomic E-state index is -0.139. The van der Waals surface area contributed by atoms with Gasteiger partial charge < -0.3 is 4.74 Å². The van der Waals surface area contributed by atoms with E-state index in [2.05, 4.69) is 0 Å². The molecule has 0 spiro atoms. The third-order valence-electron chi connectivity index (χ3n) is 2.15. The summed E-state index contributed by atoms with van der Waals surface area (Å²) >= 11 is 0. The molecule has 4 nitrogen and oxygen atoms in total. The number of ketones is 1. The normalized spacial score (nSPS) is 40.7. The molecule has 0 aromatic rings. The van der Waals surface area contributed by atoms with E-state index in [1.807, 2.05) is 0 Å². The lowest BCUT2D eigenvalue weighted by molar-refractivity contribution is -0.121. The minimum Gasteiger partial charge on any atom is -0.368 e. The van der Waals surface area contributed by atoms with Crippen LogP contribution in [-0.4, -0.2) is 36.1 Å². The van der Waals surface area contributed by atoms with Gasteiger partial charge in [-0.3, -0.25) is 10.6 Å². The number of hydrogen-bond donors (Lipinski definition) is 1. The molecule has 2 rings (SSSR count). The number of nitrogens with two attached hydrogens (primary N) is 1. The molecule has 2 unspecified atom stereocenters. The van der Waals surface area contributed by atoms with Crippen LogP contribution < -0.4 is 5.84 Å². The van der Waals surface area contributed by atoms with Crippen LogP contribution in [0.4, 0.5) is 0 Å². The zero-order chi connectivity index (χ0) is 7.14. The Morgan fingerprint density at radius 1 is 1.70 bits per heavy atom. The van der Waals surface area contributed by atoms with Gasteiger partial charge in [0, 0.05) is 6.54 Å². The molecule has 0 aromatic carbocycles. The molecular formula is C6H10N2O2. The van der Waals surface area contributed by atoms with E-state index in [4.69, 9.17) is 10.6 Å². The molecule has 0 saturated carbocycles. The smallest absolute Gasteiger partial charge is 0.179 e. The van der Waals surface area contributed by atoms with E-state index >= 15 is 0 Å². The summed E-state index contributed by atoms with van der Waals surface area (Å²) in [6, 6.07) is -0.139. The highest BCUT2D eigenvalue weighted by atomic mass is 16.5. The van der Waals surface area contributed by atoms with Gasteiger partial charge in [-0.25, -0.2) is 5.01 Å². The number of hydrazine groups is 1. The third kappa shape index (κ3) is 0.697. The Labute approximate surface area is 58.9 Å². The third-order valence-corrected chi connectivity index (χ3v) is 2.15. The molecule has 0 radical (unpaired) electrons. The highest BCUT2D eigenvalue weighted by Gasteiger charge is 2.43. The zero-order valence-corrected chi connectivity index (χ0v) is 5.62. The van der Waals surface area contributed by atoms with Crippen molar-refractivity contribution in [1.29, 1.82) is 0 Å². The molecule has 2 atom stereocenters. The van der Waals surface area contributed by atoms with Gasteiger partial charge in [0.05, 0.1) is 6.10 Å². The average molecular weight is 142 g/mol. The Morgan fingerprint density at radius 2 is 2.50 bits per heavy atom. The molecule has 10 heavy (non-hydrogen) atoms. The van der Waals surface area contributed by atoms with Crippen LogP contribution in [0, 0.1) is 0 Å². The maximum absolute atomic E-state index is 11.0. The molecule has 2 N–H and O–H groups in total. The van der Waals surface area contributed by atoms with Crippen molar-refractivity contribution in [2.24, 2.45) is 5.84 Å². The summed E-state index contributed by atoms with van der Waals surface area (Å²) in [5.74, 6) is 5.67. The Kier molecular flexibility index (Phi) is 1.26. The Bertz CT molecular complexity index is 171. The maximum Gasteiger partial charge on any atom is 0.179 e. The first-order chi connectivity index (χ1) is 4.79. The van der Waals surface area contributed by atoms with Gasteiger partial charge >= 0.3 is 0 Å². The molecule has 2 heterocycles. The van der Waals surface area contributed by atoms with Crippen LogP contribution in [0.5, 0.6) is 0 Å². The highest BCUT2D eigenvalue weighted by molar-refractivity contribution is 5.87. The van der Waals surface area contributed by atoms with E-state index in [1.165, 1.54) is 0 Å². The first-order valence-corrected chi connectivity index (χ1v) is 3.44. The first kappa shape index (κ1) is 6.27. The lowest BCUT2D eigenvalue weighted by atomic mass is 10.1. The van der Waals surface area contributed by atoms with Crippen molar-refractivity contribution in [3.8, 4) is 0 Å². The molecule has 0 aliphatic carbocycles. The molecule has 2 saturated heterocycles. The molecule has 2 fully saturated rings. The van der Waals surface area contributed by atoms with Crippen LogP contribution >= 0.6 is 0 Å². The largest absolute Gasteiger partial charge is 0.368 e. The second kappa shape index (κ2) is 2.02. The van der Waals surface area contributed by atoms with Gasteiger partial charge in [0.2, 0.25) is 0 Å². The van der Waals surface area contributed by atoms with E-state index in [9.17, 15) is 4.79 Å². The van der Waals surface area contributed by atoms with Crippen LogP contribution in [-0.2, 0) is 9.53 Å². The summed E-state index contributed by atoms with van der Waals surface area (Å²) in [6.07, 6.45) is 0.977. The topological polar surface area (TPSA) is 55.6 Å². The number of fused-ring (bicyclic) bond motifs is 1. The average Bonchev–Trinajstić information content (AvgIpc) is 2.40. The molecule has 4 heteroatoms. The Hall–Kier alpha value is -0.450. The van der Waals surface area contributed by atoms with E-state index < -0.39 is 0 Å². The number of carbonyl (C=O) groups excluding carboxylic acids is 1. The summed E-state index contributed by atoms with van der Waals surface area (Å²) in [5.41, 5.74) is 0. The summed E-state index contributed by atoms with van der Waals surface area (Å²) < 4.78 is 5.19. The van der Waals surface area contributed by atoms with Crippen LogP contribution in [0.2, 0.25) is 0 Å². The molecule has 0 aromatic heterocycles. The number of nitrogens with zero attached hydrogens (tertiary/aromatic N) is 1. The standard InChI is InChI=1S/C6H10N2O2/c7-8-2-1-5-6(8)4(9)3-10-5/h5-6H,1-3,7H2. The van der Waals surface area contributed by atoms with Gasteiger partial charge in [-0.1, -0.05) is 0 Å². The second-order valence-corrected chi connectivity index (χ2v) is 2.79. The number of Topliss-reactive ketones (excluding diaryl/α,β-unsaturated/α-hetero) is 1. The monoisotopic (exact) mass is 142 g/mol. The van der Waals surface area contributed by atoms with Crippen molar-refractivity contribution in [1.82, 2.24) is 5.01 Å². The van der Waals surface area contributed by atoms with Crippen molar-refractivity contribution in [3.63, 3.8) is 0 Å². The summed E-state index contributed by atoms with van der Waals surface area (Å²) in [6.45, 7) is 1.03. The molecule has 0 amide bonds. The predicted octanol–water partition coefficient (Wildman–Crippen LogP) is -1.10. The number of ether oxygens (including phenoxy) is 1. The highest BCUT2D eigenvalue weighted by Crippen LogP contribution is 2.23. The fourth-order valence-corrected chi connectivity index (χ4v) is 1.63. The Balaban J connectivity index is 2.19. The second-order valence-electron chi connectivity index (χ2n) is 2.79. The fourth-order valence-electron chi connectivity index (χ4n) is 1.63. The number of carbonyl (C=O) groups is 1. The van der Waals surface area contributed by atoms with Gasteiger partial charge in [0.1, 0.15) is 12.6 Å². The van der Waals surface area contributed by atoms with E-state index in [-0.39, 0.29) is 24.5 Å². The SMILES string of the molecule is NN1CCC2OCC(=O)C21. The predicted molar refractivity (Wildman–Crippen MR) is 34.0 cm³/mol. The molecule has 0 bridgehead atoms. The zero-order valence-electron chi connectivity index (χ0n) is 5.62. The summed E-state index contributed by atoms with van der Waals surface area (Å²) in [4.78, 5) is 11.0. The molecule has 2 aliphatic rings. The van der Waals surface area contributed by atoms with E-state index in [0.29, 0.717) is 0 Å². The first-order valence-electron chi connectivity index (χ1n) is 3.44. The van der Waals surface area contributed by atoms with Crippen LogP contribution in [0.1, 0.15) is 6.42 Å². The number of rotatable bonds is 0. The van der Waals surface area contributed by atoms with Crippen LogP contribution in [0.3, 0.4) is 0 Å². The van der Waals surface area contributed by atoms with Crippen molar-refractivity contribution < 1.29 is 9.53 Å².